The Morgan fingerprint density at radius 1 is 1.13 bits per heavy atom. The summed E-state index contributed by atoms with van der Waals surface area (Å²) in [7, 11) is 3.24. The van der Waals surface area contributed by atoms with E-state index >= 15 is 0 Å². The van der Waals surface area contributed by atoms with Gasteiger partial charge in [-0.15, -0.1) is 10.2 Å². The Kier molecular flexibility index (Phi) is 6.20. The van der Waals surface area contributed by atoms with E-state index in [4.69, 9.17) is 9.47 Å². The zero-order valence-corrected chi connectivity index (χ0v) is 17.6. The molecule has 0 saturated heterocycles. The van der Waals surface area contributed by atoms with Crippen LogP contribution in [0.4, 0.5) is 0 Å². The van der Waals surface area contributed by atoms with Gasteiger partial charge in [-0.1, -0.05) is 54.2 Å². The molecule has 30 heavy (non-hydrogen) atoms. The van der Waals surface area contributed by atoms with Gasteiger partial charge in [0.25, 0.3) is 0 Å². The number of carbonyl (C=O) groups excluding carboxylic acids is 1. The van der Waals surface area contributed by atoms with Gasteiger partial charge in [0.2, 0.25) is 11.1 Å². The fourth-order valence-corrected chi connectivity index (χ4v) is 4.37. The van der Waals surface area contributed by atoms with Crippen molar-refractivity contribution in [2.45, 2.75) is 16.4 Å². The molecular formula is C21H23N5O3S. The van der Waals surface area contributed by atoms with Crippen LogP contribution in [0, 0.1) is 0 Å². The van der Waals surface area contributed by atoms with Crippen molar-refractivity contribution in [3.8, 4) is 17.1 Å². The monoisotopic (exact) mass is 425 g/mol. The Labute approximate surface area is 179 Å². The fourth-order valence-electron chi connectivity index (χ4n) is 3.27. The smallest absolute Gasteiger partial charge is 0.236 e. The van der Waals surface area contributed by atoms with Gasteiger partial charge in [0.05, 0.1) is 19.8 Å². The summed E-state index contributed by atoms with van der Waals surface area (Å²) in [5.41, 5.74) is 5.37. The van der Waals surface area contributed by atoms with Crippen molar-refractivity contribution < 1.29 is 14.3 Å². The van der Waals surface area contributed by atoms with Crippen molar-refractivity contribution >= 4 is 17.7 Å². The number of thioether (sulfide) groups is 1. The van der Waals surface area contributed by atoms with E-state index in [0.717, 1.165) is 16.9 Å². The molecule has 2 atom stereocenters. The van der Waals surface area contributed by atoms with Crippen LogP contribution in [0.3, 0.4) is 0 Å². The first-order valence-corrected chi connectivity index (χ1v) is 10.4. The van der Waals surface area contributed by atoms with Crippen LogP contribution in [0.15, 0.2) is 59.8 Å². The largest absolute Gasteiger partial charge is 0.497 e. The fraction of sp³-hybridized carbons (Fsp3) is 0.286. The first-order valence-electron chi connectivity index (χ1n) is 9.56. The van der Waals surface area contributed by atoms with Gasteiger partial charge in [-0.2, -0.15) is 0 Å². The molecule has 1 amide bonds. The van der Waals surface area contributed by atoms with Crippen LogP contribution in [-0.4, -0.2) is 53.4 Å². The molecule has 0 radical (unpaired) electrons. The van der Waals surface area contributed by atoms with Crippen molar-refractivity contribution in [2.75, 3.05) is 32.8 Å². The second-order valence-electron chi connectivity index (χ2n) is 6.71. The van der Waals surface area contributed by atoms with Gasteiger partial charge in [-0.25, -0.2) is 4.68 Å². The summed E-state index contributed by atoms with van der Waals surface area (Å²) in [5.74, 6) is 1.38. The third-order valence-electron chi connectivity index (χ3n) is 4.81. The molecule has 2 N–H and O–H groups in total. The summed E-state index contributed by atoms with van der Waals surface area (Å²) >= 11 is 1.39. The molecular weight excluding hydrogens is 402 g/mol. The van der Waals surface area contributed by atoms with E-state index in [0.29, 0.717) is 24.1 Å². The molecule has 156 valence electrons. The van der Waals surface area contributed by atoms with E-state index in [2.05, 4.69) is 20.9 Å². The van der Waals surface area contributed by atoms with Crippen LogP contribution in [0.5, 0.6) is 5.75 Å². The van der Waals surface area contributed by atoms with Crippen LogP contribution < -0.4 is 15.5 Å². The molecule has 0 saturated carbocycles. The quantitative estimate of drug-likeness (QED) is 0.562. The SMILES string of the molecule is COCCNC(=O)[C@H]1Sc2nnc(-c3ccccc3)n2N[C@H]1c1ccc(OC)cc1. The standard InChI is InChI=1S/C21H23N5O3S/c1-28-13-12-22-20(27)18-17(14-8-10-16(29-2)11-9-14)25-26-19(23-24-21(26)30-18)15-6-4-3-5-7-15/h3-11,17-18,25H,12-13H2,1-2H3,(H,22,27)/t17-,18-/m0/s1. The number of hydrogen-bond donors (Lipinski definition) is 2. The summed E-state index contributed by atoms with van der Waals surface area (Å²) in [5, 5.41) is 11.8. The van der Waals surface area contributed by atoms with E-state index in [1.54, 1.807) is 14.2 Å². The number of nitrogens with zero attached hydrogens (tertiary/aromatic N) is 3. The maximum Gasteiger partial charge on any atom is 0.236 e. The van der Waals surface area contributed by atoms with Crippen molar-refractivity contribution in [3.05, 3.63) is 60.2 Å². The number of methoxy groups -OCH3 is 2. The normalized spacial score (nSPS) is 17.7. The molecule has 0 unspecified atom stereocenters. The van der Waals surface area contributed by atoms with Crippen LogP contribution >= 0.6 is 11.8 Å². The van der Waals surface area contributed by atoms with E-state index < -0.39 is 5.25 Å². The first kappa shape index (κ1) is 20.2. The summed E-state index contributed by atoms with van der Waals surface area (Å²) in [6.07, 6.45) is 0. The number of nitrogens with one attached hydrogen (secondary N) is 2. The molecule has 1 aromatic heterocycles. The summed E-state index contributed by atoms with van der Waals surface area (Å²) in [6.45, 7) is 0.905. The van der Waals surface area contributed by atoms with Crippen LogP contribution in [-0.2, 0) is 9.53 Å². The minimum absolute atomic E-state index is 0.0825. The van der Waals surface area contributed by atoms with Crippen molar-refractivity contribution in [1.82, 2.24) is 20.2 Å². The van der Waals surface area contributed by atoms with Gasteiger partial charge in [-0.3, -0.25) is 4.79 Å². The van der Waals surface area contributed by atoms with Crippen molar-refractivity contribution in [3.63, 3.8) is 0 Å². The Bertz CT molecular complexity index is 994. The van der Waals surface area contributed by atoms with Crippen LogP contribution in [0.2, 0.25) is 0 Å². The highest BCUT2D eigenvalue weighted by Crippen LogP contribution is 2.38. The predicted molar refractivity (Wildman–Crippen MR) is 115 cm³/mol. The molecule has 3 aromatic rings. The van der Waals surface area contributed by atoms with Gasteiger partial charge in [0.1, 0.15) is 11.0 Å². The number of carbonyl (C=O) groups is 1. The highest BCUT2D eigenvalue weighted by Gasteiger charge is 2.37. The Morgan fingerprint density at radius 2 is 1.90 bits per heavy atom. The van der Waals surface area contributed by atoms with Gasteiger partial charge < -0.3 is 20.2 Å². The highest BCUT2D eigenvalue weighted by molar-refractivity contribution is 8.00. The van der Waals surface area contributed by atoms with Gasteiger partial charge in [-0.05, 0) is 17.7 Å². The molecule has 0 spiro atoms. The van der Waals surface area contributed by atoms with E-state index in [1.165, 1.54) is 11.8 Å². The summed E-state index contributed by atoms with van der Waals surface area (Å²) in [6, 6.07) is 17.3. The Hall–Kier alpha value is -3.04. The predicted octanol–water partition coefficient (Wildman–Crippen LogP) is 2.48. The molecule has 0 fully saturated rings. The third kappa shape index (κ3) is 4.12. The van der Waals surface area contributed by atoms with E-state index in [1.807, 2.05) is 59.3 Å². The molecule has 8 nitrogen and oxygen atoms in total. The molecule has 1 aliphatic heterocycles. The second kappa shape index (κ2) is 9.19. The van der Waals surface area contributed by atoms with Gasteiger partial charge >= 0.3 is 0 Å². The molecule has 0 bridgehead atoms. The van der Waals surface area contributed by atoms with Gasteiger partial charge in [0.15, 0.2) is 5.82 Å². The molecule has 9 heteroatoms. The number of benzene rings is 2. The lowest BCUT2D eigenvalue weighted by molar-refractivity contribution is -0.121. The zero-order chi connectivity index (χ0) is 20.9. The second-order valence-corrected chi connectivity index (χ2v) is 7.82. The van der Waals surface area contributed by atoms with Crippen LogP contribution in [0.25, 0.3) is 11.4 Å². The van der Waals surface area contributed by atoms with Crippen LogP contribution in [0.1, 0.15) is 11.6 Å². The van der Waals surface area contributed by atoms with Crippen molar-refractivity contribution in [2.24, 2.45) is 0 Å². The summed E-state index contributed by atoms with van der Waals surface area (Å²) < 4.78 is 12.2. The molecule has 2 heterocycles. The first-order chi connectivity index (χ1) is 14.7. The average Bonchev–Trinajstić information content (AvgIpc) is 3.22. The minimum atomic E-state index is -0.421. The average molecular weight is 426 g/mol. The lowest BCUT2D eigenvalue weighted by Crippen LogP contribution is -2.44. The minimum Gasteiger partial charge on any atom is -0.497 e. The third-order valence-corrected chi connectivity index (χ3v) is 6.02. The maximum atomic E-state index is 13.0. The maximum absolute atomic E-state index is 13.0. The zero-order valence-electron chi connectivity index (χ0n) is 16.7. The van der Waals surface area contributed by atoms with Gasteiger partial charge in [0, 0.05) is 19.2 Å². The number of amides is 1. The molecule has 4 rings (SSSR count). The topological polar surface area (TPSA) is 90.3 Å². The number of aromatic nitrogens is 3. The Balaban J connectivity index is 1.67. The molecule has 1 aliphatic rings. The van der Waals surface area contributed by atoms with E-state index in [-0.39, 0.29) is 11.9 Å². The molecule has 2 aromatic carbocycles. The highest BCUT2D eigenvalue weighted by atomic mass is 32.2. The lowest BCUT2D eigenvalue weighted by Gasteiger charge is -2.33. The Morgan fingerprint density at radius 3 is 2.60 bits per heavy atom. The van der Waals surface area contributed by atoms with E-state index in [9.17, 15) is 4.79 Å². The molecule has 0 aliphatic carbocycles. The number of rotatable bonds is 7. The number of fused-ring (bicyclic) bond motifs is 1. The number of hydrogen-bond acceptors (Lipinski definition) is 7. The lowest BCUT2D eigenvalue weighted by atomic mass is 10.0. The number of ether oxygens (including phenoxy) is 2. The summed E-state index contributed by atoms with van der Waals surface area (Å²) in [4.78, 5) is 13.0. The van der Waals surface area contributed by atoms with Crippen molar-refractivity contribution in [1.29, 1.82) is 0 Å².